The van der Waals surface area contributed by atoms with Crippen LogP contribution in [0.25, 0.3) is 10.2 Å². The maximum atomic E-state index is 11.0. The second-order valence-electron chi connectivity index (χ2n) is 2.81. The molecule has 0 bridgehead atoms. The normalized spacial score (nSPS) is 10.1. The van der Waals surface area contributed by atoms with Gasteiger partial charge in [0.2, 0.25) is 0 Å². The van der Waals surface area contributed by atoms with E-state index in [1.165, 1.54) is 11.3 Å². The summed E-state index contributed by atoms with van der Waals surface area (Å²) in [4.78, 5) is 25.6. The van der Waals surface area contributed by atoms with Crippen LogP contribution in [-0.2, 0) is 9.59 Å². The molecule has 0 atom stereocenters. The Kier molecular flexibility index (Phi) is 2.34. The quantitative estimate of drug-likeness (QED) is 0.696. The molecule has 3 N–H and O–H groups in total. The van der Waals surface area contributed by atoms with E-state index in [-0.39, 0.29) is 0 Å². The number of hydrogen-bond acceptors (Lipinski definition) is 4. The number of amides is 2. The molecule has 2 aromatic rings. The topological polar surface area (TPSA) is 85.1 Å². The third-order valence-corrected chi connectivity index (χ3v) is 2.69. The smallest absolute Gasteiger partial charge is 0.315 e. The number of nitrogens with zero attached hydrogens (tertiary/aromatic N) is 1. The first-order chi connectivity index (χ1) is 7.16. The summed E-state index contributed by atoms with van der Waals surface area (Å²) in [7, 11) is 0. The lowest BCUT2D eigenvalue weighted by Crippen LogP contribution is -2.29. The minimum Gasteiger partial charge on any atom is -0.361 e. The Hall–Kier alpha value is -1.95. The molecule has 0 aliphatic heterocycles. The highest BCUT2D eigenvalue weighted by Gasteiger charge is 2.11. The molecule has 0 spiro atoms. The number of rotatable bonds is 1. The Morgan fingerprint density at radius 1 is 1.33 bits per heavy atom. The molecular formula is C9H7N3O2S. The van der Waals surface area contributed by atoms with Crippen LogP contribution in [0.1, 0.15) is 0 Å². The van der Waals surface area contributed by atoms with Crippen LogP contribution in [0.15, 0.2) is 24.3 Å². The van der Waals surface area contributed by atoms with Gasteiger partial charge in [-0.1, -0.05) is 23.5 Å². The number of para-hydroxylation sites is 1. The van der Waals surface area contributed by atoms with Gasteiger partial charge in [-0.15, -0.1) is 0 Å². The molecule has 76 valence electrons. The molecule has 1 aromatic heterocycles. The molecular weight excluding hydrogens is 214 g/mol. The number of anilines is 1. The van der Waals surface area contributed by atoms with Crippen molar-refractivity contribution in [2.24, 2.45) is 5.73 Å². The van der Waals surface area contributed by atoms with Gasteiger partial charge >= 0.3 is 11.8 Å². The number of nitrogens with two attached hydrogens (primary N) is 1. The van der Waals surface area contributed by atoms with Gasteiger partial charge in [-0.3, -0.25) is 14.9 Å². The van der Waals surface area contributed by atoms with Gasteiger partial charge in [0.1, 0.15) is 0 Å². The van der Waals surface area contributed by atoms with E-state index in [9.17, 15) is 9.59 Å². The molecule has 0 saturated heterocycles. The van der Waals surface area contributed by atoms with Crippen molar-refractivity contribution in [3.05, 3.63) is 24.3 Å². The number of carbonyl (C=O) groups excluding carboxylic acids is 2. The van der Waals surface area contributed by atoms with Crippen LogP contribution in [0.3, 0.4) is 0 Å². The zero-order valence-corrected chi connectivity index (χ0v) is 8.38. The van der Waals surface area contributed by atoms with Crippen LogP contribution in [0, 0.1) is 0 Å². The van der Waals surface area contributed by atoms with E-state index >= 15 is 0 Å². The van der Waals surface area contributed by atoms with Gasteiger partial charge < -0.3 is 5.73 Å². The van der Waals surface area contributed by atoms with Crippen molar-refractivity contribution in [1.29, 1.82) is 0 Å². The molecule has 0 fully saturated rings. The van der Waals surface area contributed by atoms with Crippen LogP contribution in [0.5, 0.6) is 0 Å². The first kappa shape index (κ1) is 9.60. The summed E-state index contributed by atoms with van der Waals surface area (Å²) >= 11 is 1.29. The Balaban J connectivity index is 2.30. The number of thiazole rings is 1. The fourth-order valence-corrected chi connectivity index (χ4v) is 1.95. The fourth-order valence-electron chi connectivity index (χ4n) is 1.08. The lowest BCUT2D eigenvalue weighted by atomic mass is 10.3. The van der Waals surface area contributed by atoms with Gasteiger partial charge in [0, 0.05) is 0 Å². The van der Waals surface area contributed by atoms with Gasteiger partial charge in [-0.25, -0.2) is 4.98 Å². The third kappa shape index (κ3) is 1.94. The molecule has 0 aliphatic rings. The third-order valence-electron chi connectivity index (χ3n) is 1.74. The van der Waals surface area contributed by atoms with Crippen molar-refractivity contribution in [3.8, 4) is 0 Å². The van der Waals surface area contributed by atoms with E-state index in [0.29, 0.717) is 5.13 Å². The number of nitrogens with one attached hydrogen (secondary N) is 1. The molecule has 0 unspecified atom stereocenters. The fraction of sp³-hybridized carbons (Fsp3) is 0. The first-order valence-corrected chi connectivity index (χ1v) is 4.95. The Morgan fingerprint density at radius 2 is 2.07 bits per heavy atom. The molecule has 2 amide bonds. The van der Waals surface area contributed by atoms with Crippen molar-refractivity contribution in [3.63, 3.8) is 0 Å². The number of primary amides is 1. The number of aromatic nitrogens is 1. The molecule has 1 heterocycles. The summed E-state index contributed by atoms with van der Waals surface area (Å²) in [6.45, 7) is 0. The highest BCUT2D eigenvalue weighted by Crippen LogP contribution is 2.24. The Labute approximate surface area is 88.9 Å². The maximum absolute atomic E-state index is 11.0. The van der Waals surface area contributed by atoms with E-state index in [4.69, 9.17) is 5.73 Å². The maximum Gasteiger partial charge on any atom is 0.315 e. The number of hydrogen-bond donors (Lipinski definition) is 2. The summed E-state index contributed by atoms with van der Waals surface area (Å²) in [6.07, 6.45) is 0. The van der Waals surface area contributed by atoms with Crippen LogP contribution in [0.4, 0.5) is 5.13 Å². The van der Waals surface area contributed by atoms with Crippen molar-refractivity contribution >= 4 is 38.5 Å². The standard InChI is InChI=1S/C9H7N3O2S/c10-7(13)8(14)12-9-11-5-3-1-2-4-6(5)15-9/h1-4H,(H2,10,13)(H,11,12,14). The highest BCUT2D eigenvalue weighted by atomic mass is 32.1. The second kappa shape index (κ2) is 3.66. The van der Waals surface area contributed by atoms with Crippen LogP contribution < -0.4 is 11.1 Å². The minimum absolute atomic E-state index is 0.375. The molecule has 15 heavy (non-hydrogen) atoms. The lowest BCUT2D eigenvalue weighted by Gasteiger charge is -1.94. The summed E-state index contributed by atoms with van der Waals surface area (Å²) in [5.41, 5.74) is 5.58. The van der Waals surface area contributed by atoms with Gasteiger partial charge in [0.25, 0.3) is 0 Å². The minimum atomic E-state index is -1.02. The predicted molar refractivity (Wildman–Crippen MR) is 57.4 cm³/mol. The van der Waals surface area contributed by atoms with E-state index in [1.807, 2.05) is 24.3 Å². The summed E-state index contributed by atoms with van der Waals surface area (Å²) in [5.74, 6) is -1.87. The second-order valence-corrected chi connectivity index (χ2v) is 3.84. The van der Waals surface area contributed by atoms with Crippen LogP contribution in [-0.4, -0.2) is 16.8 Å². The SMILES string of the molecule is NC(=O)C(=O)Nc1nc2ccccc2s1. The molecule has 0 saturated carbocycles. The average molecular weight is 221 g/mol. The van der Waals surface area contributed by atoms with Crippen molar-refractivity contribution in [2.45, 2.75) is 0 Å². The van der Waals surface area contributed by atoms with E-state index < -0.39 is 11.8 Å². The van der Waals surface area contributed by atoms with Gasteiger partial charge in [-0.2, -0.15) is 0 Å². The van der Waals surface area contributed by atoms with Crippen LogP contribution >= 0.6 is 11.3 Å². The molecule has 0 aliphatic carbocycles. The Morgan fingerprint density at radius 3 is 2.73 bits per heavy atom. The molecule has 2 rings (SSSR count). The zero-order chi connectivity index (χ0) is 10.8. The van der Waals surface area contributed by atoms with E-state index in [2.05, 4.69) is 10.3 Å². The van der Waals surface area contributed by atoms with E-state index in [0.717, 1.165) is 10.2 Å². The highest BCUT2D eigenvalue weighted by molar-refractivity contribution is 7.22. The molecule has 1 aromatic carbocycles. The summed E-state index contributed by atoms with van der Waals surface area (Å²) in [6, 6.07) is 7.43. The number of benzene rings is 1. The van der Waals surface area contributed by atoms with Crippen molar-refractivity contribution in [1.82, 2.24) is 4.98 Å². The Bertz CT molecular complexity index is 502. The molecule has 5 nitrogen and oxygen atoms in total. The van der Waals surface area contributed by atoms with E-state index in [1.54, 1.807) is 0 Å². The zero-order valence-electron chi connectivity index (χ0n) is 7.56. The van der Waals surface area contributed by atoms with Gasteiger partial charge in [0.15, 0.2) is 5.13 Å². The summed E-state index contributed by atoms with van der Waals surface area (Å²) in [5, 5.41) is 2.70. The first-order valence-electron chi connectivity index (χ1n) is 4.13. The lowest BCUT2D eigenvalue weighted by molar-refractivity contribution is -0.134. The average Bonchev–Trinajstić information content (AvgIpc) is 2.59. The van der Waals surface area contributed by atoms with Gasteiger partial charge in [0.05, 0.1) is 10.2 Å². The van der Waals surface area contributed by atoms with Crippen molar-refractivity contribution < 1.29 is 9.59 Å². The number of fused-ring (bicyclic) bond motifs is 1. The van der Waals surface area contributed by atoms with Crippen LogP contribution in [0.2, 0.25) is 0 Å². The number of carbonyl (C=O) groups is 2. The molecule has 0 radical (unpaired) electrons. The molecule has 6 heteroatoms. The van der Waals surface area contributed by atoms with Crippen molar-refractivity contribution in [2.75, 3.05) is 5.32 Å². The monoisotopic (exact) mass is 221 g/mol. The largest absolute Gasteiger partial charge is 0.361 e. The van der Waals surface area contributed by atoms with Gasteiger partial charge in [-0.05, 0) is 12.1 Å². The summed E-state index contributed by atoms with van der Waals surface area (Å²) < 4.78 is 0.942. The predicted octanol–water partition coefficient (Wildman–Crippen LogP) is 0.720.